The van der Waals surface area contributed by atoms with E-state index in [-0.39, 0.29) is 11.2 Å². The molecule has 3 aromatic rings. The molecule has 2 aromatic heterocycles. The summed E-state index contributed by atoms with van der Waals surface area (Å²) >= 11 is 1.36. The van der Waals surface area contributed by atoms with Crippen molar-refractivity contribution in [1.82, 2.24) is 24.9 Å². The van der Waals surface area contributed by atoms with E-state index in [1.165, 1.54) is 11.8 Å². The third kappa shape index (κ3) is 3.87. The maximum Gasteiger partial charge on any atom is 0.253 e. The van der Waals surface area contributed by atoms with Crippen molar-refractivity contribution in [3.05, 3.63) is 54.4 Å². The molecule has 6 nitrogen and oxygen atoms in total. The molecule has 0 saturated heterocycles. The molecule has 7 heteroatoms. The lowest BCUT2D eigenvalue weighted by Crippen LogP contribution is -2.31. The van der Waals surface area contributed by atoms with Gasteiger partial charge in [0, 0.05) is 18.9 Å². The summed E-state index contributed by atoms with van der Waals surface area (Å²) in [6, 6.07) is 11.6. The Hall–Kier alpha value is -2.41. The van der Waals surface area contributed by atoms with Crippen LogP contribution in [-0.4, -0.2) is 30.7 Å². The maximum atomic E-state index is 12.4. The van der Waals surface area contributed by atoms with E-state index < -0.39 is 0 Å². The molecule has 23 heavy (non-hydrogen) atoms. The fourth-order valence-corrected chi connectivity index (χ4v) is 2.99. The van der Waals surface area contributed by atoms with Gasteiger partial charge in [-0.3, -0.25) is 4.79 Å². The van der Waals surface area contributed by atoms with Crippen molar-refractivity contribution < 1.29 is 4.79 Å². The van der Waals surface area contributed by atoms with Crippen LogP contribution in [0.4, 0.5) is 0 Å². The fourth-order valence-electron chi connectivity index (χ4n) is 2.11. The number of rotatable bonds is 6. The molecule has 1 atom stereocenters. The molecule has 1 amide bonds. The summed E-state index contributed by atoms with van der Waals surface area (Å²) in [5, 5.41) is 7.63. The lowest BCUT2D eigenvalue weighted by molar-refractivity contribution is -0.120. The Kier molecular flexibility index (Phi) is 4.87. The molecule has 2 heterocycles. The summed E-state index contributed by atoms with van der Waals surface area (Å²) in [4.78, 5) is 20.8. The summed E-state index contributed by atoms with van der Waals surface area (Å²) in [6.07, 6.45) is 4.16. The quantitative estimate of drug-likeness (QED) is 0.703. The van der Waals surface area contributed by atoms with Gasteiger partial charge in [-0.2, -0.15) is 4.98 Å². The Bertz CT molecular complexity index is 756. The molecule has 0 unspecified atom stereocenters. The van der Waals surface area contributed by atoms with Gasteiger partial charge in [0.05, 0.1) is 5.25 Å². The van der Waals surface area contributed by atoms with Crippen LogP contribution in [0.2, 0.25) is 0 Å². The third-order valence-electron chi connectivity index (χ3n) is 3.32. The van der Waals surface area contributed by atoms with Crippen LogP contribution in [0, 0.1) is 0 Å². The second kappa shape index (κ2) is 7.23. The number of fused-ring (bicyclic) bond motifs is 1. The topological polar surface area (TPSA) is 72.2 Å². The number of carbonyl (C=O) groups excluding carboxylic acids is 1. The molecule has 1 aromatic carbocycles. The molecule has 0 aliphatic carbocycles. The SMILES string of the molecule is CC[C@H](Sc1nc2ncccn2n1)C(=O)NCc1ccccc1. The summed E-state index contributed by atoms with van der Waals surface area (Å²) in [7, 11) is 0. The molecule has 1 N–H and O–H groups in total. The number of aromatic nitrogens is 4. The molecule has 0 aliphatic rings. The van der Waals surface area contributed by atoms with Crippen molar-refractivity contribution in [3.63, 3.8) is 0 Å². The van der Waals surface area contributed by atoms with Crippen molar-refractivity contribution in [3.8, 4) is 0 Å². The van der Waals surface area contributed by atoms with Gasteiger partial charge in [-0.1, -0.05) is 49.0 Å². The van der Waals surface area contributed by atoms with Crippen molar-refractivity contribution in [2.24, 2.45) is 0 Å². The number of nitrogens with zero attached hydrogens (tertiary/aromatic N) is 4. The Morgan fingerprint density at radius 3 is 2.87 bits per heavy atom. The Labute approximate surface area is 138 Å². The van der Waals surface area contributed by atoms with Crippen LogP contribution in [-0.2, 0) is 11.3 Å². The minimum atomic E-state index is -0.226. The summed E-state index contributed by atoms with van der Waals surface area (Å²) in [5.41, 5.74) is 1.08. The number of benzene rings is 1. The van der Waals surface area contributed by atoms with Crippen LogP contribution in [0.15, 0.2) is 53.9 Å². The molecule has 0 radical (unpaired) electrons. The van der Waals surface area contributed by atoms with Crippen LogP contribution in [0.5, 0.6) is 0 Å². The van der Waals surface area contributed by atoms with E-state index in [1.54, 1.807) is 23.0 Å². The Balaban J connectivity index is 1.63. The van der Waals surface area contributed by atoms with E-state index in [1.807, 2.05) is 37.3 Å². The number of hydrogen-bond donors (Lipinski definition) is 1. The molecule has 0 bridgehead atoms. The summed E-state index contributed by atoms with van der Waals surface area (Å²) < 4.78 is 1.61. The highest BCUT2D eigenvalue weighted by Crippen LogP contribution is 2.22. The predicted octanol–water partition coefficient (Wildman–Crippen LogP) is 2.31. The average molecular weight is 327 g/mol. The Morgan fingerprint density at radius 2 is 2.13 bits per heavy atom. The van der Waals surface area contributed by atoms with Crippen LogP contribution in [0.1, 0.15) is 18.9 Å². The molecular formula is C16H17N5OS. The third-order valence-corrected chi connectivity index (χ3v) is 4.53. The van der Waals surface area contributed by atoms with Gasteiger partial charge < -0.3 is 5.32 Å². The monoisotopic (exact) mass is 327 g/mol. The fraction of sp³-hybridized carbons (Fsp3) is 0.250. The molecular weight excluding hydrogens is 310 g/mol. The highest BCUT2D eigenvalue weighted by atomic mass is 32.2. The standard InChI is InChI=1S/C16H17N5OS/c1-2-13(14(22)18-11-12-7-4-3-5-8-12)23-16-19-15-17-9-6-10-21(15)20-16/h3-10,13H,2,11H2,1H3,(H,18,22)/t13-/m0/s1. The lowest BCUT2D eigenvalue weighted by atomic mass is 10.2. The Morgan fingerprint density at radius 1 is 1.30 bits per heavy atom. The molecule has 0 fully saturated rings. The van der Waals surface area contributed by atoms with Crippen molar-refractivity contribution in [1.29, 1.82) is 0 Å². The zero-order chi connectivity index (χ0) is 16.1. The lowest BCUT2D eigenvalue weighted by Gasteiger charge is -2.12. The molecule has 0 saturated carbocycles. The van der Waals surface area contributed by atoms with Crippen LogP contribution in [0.25, 0.3) is 5.78 Å². The number of hydrogen-bond acceptors (Lipinski definition) is 5. The van der Waals surface area contributed by atoms with Gasteiger partial charge >= 0.3 is 0 Å². The van der Waals surface area contributed by atoms with E-state index in [2.05, 4.69) is 20.4 Å². The van der Waals surface area contributed by atoms with Gasteiger partial charge in [-0.25, -0.2) is 9.50 Å². The van der Waals surface area contributed by atoms with Crippen LogP contribution >= 0.6 is 11.8 Å². The van der Waals surface area contributed by atoms with E-state index in [9.17, 15) is 4.79 Å². The van der Waals surface area contributed by atoms with Gasteiger partial charge in [0.2, 0.25) is 11.1 Å². The first-order chi connectivity index (χ1) is 11.3. The van der Waals surface area contributed by atoms with Gasteiger partial charge in [0.15, 0.2) is 0 Å². The number of carbonyl (C=O) groups is 1. The molecule has 0 aliphatic heterocycles. The normalized spacial score (nSPS) is 12.2. The van der Waals surface area contributed by atoms with Gasteiger partial charge in [0.25, 0.3) is 5.78 Å². The molecule has 0 spiro atoms. The van der Waals surface area contributed by atoms with Gasteiger partial charge in [-0.15, -0.1) is 5.10 Å². The second-order valence-electron chi connectivity index (χ2n) is 4.98. The van der Waals surface area contributed by atoms with Gasteiger partial charge in [0.1, 0.15) is 0 Å². The molecule has 3 rings (SSSR count). The van der Waals surface area contributed by atoms with E-state index in [0.717, 1.165) is 5.56 Å². The zero-order valence-corrected chi connectivity index (χ0v) is 13.5. The average Bonchev–Trinajstić information content (AvgIpc) is 3.01. The van der Waals surface area contributed by atoms with E-state index in [0.29, 0.717) is 23.9 Å². The predicted molar refractivity (Wildman–Crippen MR) is 89.0 cm³/mol. The number of thioether (sulfide) groups is 1. The smallest absolute Gasteiger partial charge is 0.253 e. The second-order valence-corrected chi connectivity index (χ2v) is 6.15. The van der Waals surface area contributed by atoms with Crippen molar-refractivity contribution in [2.45, 2.75) is 30.3 Å². The largest absolute Gasteiger partial charge is 0.351 e. The van der Waals surface area contributed by atoms with Crippen LogP contribution in [0.3, 0.4) is 0 Å². The number of amides is 1. The summed E-state index contributed by atoms with van der Waals surface area (Å²) in [5.74, 6) is 0.530. The minimum absolute atomic E-state index is 0.00633. The zero-order valence-electron chi connectivity index (χ0n) is 12.7. The highest BCUT2D eigenvalue weighted by Gasteiger charge is 2.20. The first-order valence-electron chi connectivity index (χ1n) is 7.42. The van der Waals surface area contributed by atoms with E-state index in [4.69, 9.17) is 0 Å². The summed E-state index contributed by atoms with van der Waals surface area (Å²) in [6.45, 7) is 2.50. The molecule has 118 valence electrons. The maximum absolute atomic E-state index is 12.4. The highest BCUT2D eigenvalue weighted by molar-refractivity contribution is 8.00. The van der Waals surface area contributed by atoms with Crippen molar-refractivity contribution >= 4 is 23.4 Å². The van der Waals surface area contributed by atoms with Gasteiger partial charge in [-0.05, 0) is 18.1 Å². The first-order valence-corrected chi connectivity index (χ1v) is 8.30. The number of nitrogens with one attached hydrogen (secondary N) is 1. The van der Waals surface area contributed by atoms with Crippen molar-refractivity contribution in [2.75, 3.05) is 0 Å². The van der Waals surface area contributed by atoms with E-state index >= 15 is 0 Å². The first kappa shape index (κ1) is 15.5. The van der Waals surface area contributed by atoms with Crippen LogP contribution < -0.4 is 5.32 Å². The minimum Gasteiger partial charge on any atom is -0.351 e.